The molecule has 0 spiro atoms. The molecule has 1 aromatic carbocycles. The van der Waals surface area contributed by atoms with Gasteiger partial charge >= 0.3 is 0 Å². The van der Waals surface area contributed by atoms with E-state index in [0.29, 0.717) is 0 Å². The van der Waals surface area contributed by atoms with Crippen LogP contribution in [-0.4, -0.2) is 15.1 Å². The van der Waals surface area contributed by atoms with E-state index in [1.165, 1.54) is 11.1 Å². The summed E-state index contributed by atoms with van der Waals surface area (Å²) in [5, 5.41) is 0. The van der Waals surface area contributed by atoms with E-state index in [0.717, 1.165) is 17.8 Å². The van der Waals surface area contributed by atoms with Crippen LogP contribution in [0.3, 0.4) is 0 Å². The Labute approximate surface area is 96.3 Å². The highest BCUT2D eigenvalue weighted by atomic mass is 15.1. The molecule has 1 aromatic heterocycles. The predicted molar refractivity (Wildman–Crippen MR) is 67.4 cm³/mol. The van der Waals surface area contributed by atoms with Gasteiger partial charge in [-0.2, -0.15) is 0 Å². The summed E-state index contributed by atoms with van der Waals surface area (Å²) < 4.78 is 2.15. The summed E-state index contributed by atoms with van der Waals surface area (Å²) in [6.07, 6.45) is 0.789. The first-order valence-corrected chi connectivity index (χ1v) is 5.58. The van der Waals surface area contributed by atoms with Gasteiger partial charge in [-0.05, 0) is 32.4 Å². The Hall–Kier alpha value is -1.35. The summed E-state index contributed by atoms with van der Waals surface area (Å²) >= 11 is 0. The lowest BCUT2D eigenvalue weighted by atomic mass is 10.0. The van der Waals surface area contributed by atoms with Gasteiger partial charge in [0.15, 0.2) is 0 Å². The number of hydrogen-bond donors (Lipinski definition) is 1. The number of hydrogen-bond acceptors (Lipinski definition) is 2. The standard InChI is InChI=1S/C13H19N3/c1-9-6-5-7-10-12(9)16(4)11(15-10)8-13(2,3)14/h5-7H,8,14H2,1-4H3. The average molecular weight is 217 g/mol. The molecule has 0 unspecified atom stereocenters. The molecule has 86 valence electrons. The third kappa shape index (κ3) is 1.95. The number of rotatable bonds is 2. The van der Waals surface area contributed by atoms with Crippen LogP contribution in [0, 0.1) is 6.92 Å². The minimum absolute atomic E-state index is 0.219. The van der Waals surface area contributed by atoms with Crippen LogP contribution in [0.15, 0.2) is 18.2 Å². The van der Waals surface area contributed by atoms with Crippen LogP contribution in [0.25, 0.3) is 11.0 Å². The Kier molecular flexibility index (Phi) is 2.50. The van der Waals surface area contributed by atoms with Crippen molar-refractivity contribution in [3.63, 3.8) is 0 Å². The Bertz CT molecular complexity index is 518. The van der Waals surface area contributed by atoms with Crippen LogP contribution in [0.2, 0.25) is 0 Å². The summed E-state index contributed by atoms with van der Waals surface area (Å²) in [5.74, 6) is 1.05. The molecule has 3 heteroatoms. The Morgan fingerprint density at radius 2 is 2.06 bits per heavy atom. The minimum atomic E-state index is -0.219. The van der Waals surface area contributed by atoms with Crippen molar-refractivity contribution in [2.75, 3.05) is 0 Å². The monoisotopic (exact) mass is 217 g/mol. The van der Waals surface area contributed by atoms with Crippen molar-refractivity contribution in [1.29, 1.82) is 0 Å². The van der Waals surface area contributed by atoms with Crippen LogP contribution in [-0.2, 0) is 13.5 Å². The molecule has 0 bridgehead atoms. The molecule has 0 fully saturated rings. The molecule has 0 amide bonds. The van der Waals surface area contributed by atoms with Gasteiger partial charge in [0, 0.05) is 19.0 Å². The number of fused-ring (bicyclic) bond motifs is 1. The molecule has 3 nitrogen and oxygen atoms in total. The maximum Gasteiger partial charge on any atom is 0.111 e. The molecule has 0 radical (unpaired) electrons. The van der Waals surface area contributed by atoms with Gasteiger partial charge < -0.3 is 10.3 Å². The summed E-state index contributed by atoms with van der Waals surface area (Å²) in [4.78, 5) is 4.64. The Balaban J connectivity index is 2.57. The van der Waals surface area contributed by atoms with E-state index in [2.05, 4.69) is 35.7 Å². The average Bonchev–Trinajstić information content (AvgIpc) is 2.42. The first-order chi connectivity index (χ1) is 7.38. The summed E-state index contributed by atoms with van der Waals surface area (Å²) in [5.41, 5.74) is 9.35. The van der Waals surface area contributed by atoms with E-state index in [4.69, 9.17) is 5.73 Å². The number of para-hydroxylation sites is 1. The fourth-order valence-electron chi connectivity index (χ4n) is 2.08. The smallest absolute Gasteiger partial charge is 0.111 e. The third-order valence-electron chi connectivity index (χ3n) is 2.80. The van der Waals surface area contributed by atoms with Crippen molar-refractivity contribution in [3.8, 4) is 0 Å². The van der Waals surface area contributed by atoms with Crippen molar-refractivity contribution in [3.05, 3.63) is 29.6 Å². The maximum atomic E-state index is 6.04. The highest BCUT2D eigenvalue weighted by Gasteiger charge is 2.17. The van der Waals surface area contributed by atoms with Gasteiger partial charge in [0.2, 0.25) is 0 Å². The lowest BCUT2D eigenvalue weighted by Gasteiger charge is -2.17. The van der Waals surface area contributed by atoms with Gasteiger partial charge in [-0.3, -0.25) is 0 Å². The molecule has 1 heterocycles. The molecule has 2 aromatic rings. The first kappa shape index (κ1) is 11.1. The van der Waals surface area contributed by atoms with Crippen molar-refractivity contribution in [2.45, 2.75) is 32.7 Å². The number of nitrogens with two attached hydrogens (primary N) is 1. The van der Waals surface area contributed by atoms with Crippen molar-refractivity contribution < 1.29 is 0 Å². The zero-order chi connectivity index (χ0) is 11.9. The Morgan fingerprint density at radius 3 is 2.62 bits per heavy atom. The summed E-state index contributed by atoms with van der Waals surface area (Å²) in [7, 11) is 2.06. The molecular weight excluding hydrogens is 198 g/mol. The van der Waals surface area contributed by atoms with E-state index in [1.54, 1.807) is 0 Å². The van der Waals surface area contributed by atoms with Crippen LogP contribution in [0.1, 0.15) is 25.2 Å². The molecule has 0 atom stereocenters. The fraction of sp³-hybridized carbons (Fsp3) is 0.462. The van der Waals surface area contributed by atoms with Crippen molar-refractivity contribution in [1.82, 2.24) is 9.55 Å². The van der Waals surface area contributed by atoms with E-state index < -0.39 is 0 Å². The molecular formula is C13H19N3. The molecule has 0 aliphatic rings. The second-order valence-electron chi connectivity index (χ2n) is 5.20. The molecule has 2 N–H and O–H groups in total. The topological polar surface area (TPSA) is 43.8 Å². The lowest BCUT2D eigenvalue weighted by molar-refractivity contribution is 0.495. The highest BCUT2D eigenvalue weighted by Crippen LogP contribution is 2.20. The predicted octanol–water partition coefficient (Wildman–Crippen LogP) is 2.16. The van der Waals surface area contributed by atoms with Crippen LogP contribution < -0.4 is 5.73 Å². The molecule has 0 aliphatic carbocycles. The van der Waals surface area contributed by atoms with Crippen LogP contribution in [0.5, 0.6) is 0 Å². The third-order valence-corrected chi connectivity index (χ3v) is 2.80. The largest absolute Gasteiger partial charge is 0.331 e. The highest BCUT2D eigenvalue weighted by molar-refractivity contribution is 5.79. The molecule has 0 aliphatic heterocycles. The van der Waals surface area contributed by atoms with E-state index in [1.807, 2.05) is 19.9 Å². The summed E-state index contributed by atoms with van der Waals surface area (Å²) in [6.45, 7) is 6.17. The number of imidazole rings is 1. The van der Waals surface area contributed by atoms with Crippen LogP contribution in [0.4, 0.5) is 0 Å². The molecule has 2 rings (SSSR count). The number of nitrogens with zero attached hydrogens (tertiary/aromatic N) is 2. The van der Waals surface area contributed by atoms with Gasteiger partial charge in [0.05, 0.1) is 11.0 Å². The van der Waals surface area contributed by atoms with Gasteiger partial charge in [0.25, 0.3) is 0 Å². The number of aryl methyl sites for hydroxylation is 2. The second kappa shape index (κ2) is 3.59. The summed E-state index contributed by atoms with van der Waals surface area (Å²) in [6, 6.07) is 6.21. The normalized spacial score (nSPS) is 12.3. The van der Waals surface area contributed by atoms with Gasteiger partial charge in [0.1, 0.15) is 5.82 Å². The van der Waals surface area contributed by atoms with Gasteiger partial charge in [-0.25, -0.2) is 4.98 Å². The zero-order valence-electron chi connectivity index (χ0n) is 10.4. The quantitative estimate of drug-likeness (QED) is 0.837. The van der Waals surface area contributed by atoms with E-state index >= 15 is 0 Å². The maximum absolute atomic E-state index is 6.04. The van der Waals surface area contributed by atoms with E-state index in [-0.39, 0.29) is 5.54 Å². The van der Waals surface area contributed by atoms with Crippen molar-refractivity contribution >= 4 is 11.0 Å². The Morgan fingerprint density at radius 1 is 1.38 bits per heavy atom. The lowest BCUT2D eigenvalue weighted by Crippen LogP contribution is -2.35. The fourth-order valence-corrected chi connectivity index (χ4v) is 2.08. The SMILES string of the molecule is Cc1cccc2nc(CC(C)(C)N)n(C)c12. The van der Waals surface area contributed by atoms with Crippen molar-refractivity contribution in [2.24, 2.45) is 12.8 Å². The number of benzene rings is 1. The van der Waals surface area contributed by atoms with E-state index in [9.17, 15) is 0 Å². The number of aromatic nitrogens is 2. The first-order valence-electron chi connectivity index (χ1n) is 5.58. The molecule has 0 saturated heterocycles. The van der Waals surface area contributed by atoms with Gasteiger partial charge in [-0.15, -0.1) is 0 Å². The van der Waals surface area contributed by atoms with Gasteiger partial charge in [-0.1, -0.05) is 12.1 Å². The minimum Gasteiger partial charge on any atom is -0.331 e. The molecule has 0 saturated carbocycles. The molecule has 16 heavy (non-hydrogen) atoms. The van der Waals surface area contributed by atoms with Crippen LogP contribution >= 0.6 is 0 Å². The zero-order valence-corrected chi connectivity index (χ0v) is 10.4. The second-order valence-corrected chi connectivity index (χ2v) is 5.20.